The van der Waals surface area contributed by atoms with Crippen LogP contribution in [0.3, 0.4) is 0 Å². The predicted molar refractivity (Wildman–Crippen MR) is 127 cm³/mol. The molecule has 2 fully saturated rings. The summed E-state index contributed by atoms with van der Waals surface area (Å²) in [6.45, 7) is 7.76. The lowest BCUT2D eigenvalue weighted by molar-refractivity contribution is -0.253. The summed E-state index contributed by atoms with van der Waals surface area (Å²) in [5.41, 5.74) is 3.41. The molecule has 0 bridgehead atoms. The molecule has 4 rings (SSSR count). The fraction of sp³-hybridized carbons (Fsp3) is 0.423. The molecule has 2 aliphatic heterocycles. The van der Waals surface area contributed by atoms with Gasteiger partial charge in [-0.2, -0.15) is 0 Å². The number of rotatable bonds is 8. The van der Waals surface area contributed by atoms with Gasteiger partial charge in [0.25, 0.3) is 0 Å². The smallest absolute Gasteiger partial charge is 0.411 e. The van der Waals surface area contributed by atoms with Crippen LogP contribution in [0.5, 0.6) is 0 Å². The first-order valence-corrected chi connectivity index (χ1v) is 11.6. The summed E-state index contributed by atoms with van der Waals surface area (Å²) in [6.07, 6.45) is 1.04. The largest absolute Gasteiger partial charge is 0.445 e. The van der Waals surface area contributed by atoms with Crippen LogP contribution in [0, 0.1) is 0 Å². The molecule has 2 aliphatic rings. The normalized spacial score (nSPS) is 23.3. The van der Waals surface area contributed by atoms with Gasteiger partial charge in [-0.3, -0.25) is 10.2 Å². The first-order chi connectivity index (χ1) is 16.6. The molecule has 0 spiro atoms. The number of morpholine rings is 1. The molecule has 182 valence electrons. The summed E-state index contributed by atoms with van der Waals surface area (Å²) in [5, 5.41) is 12.1. The number of benzene rings is 2. The van der Waals surface area contributed by atoms with Gasteiger partial charge in [0.05, 0.1) is 32.0 Å². The number of carbonyl (C=O) groups excluding carboxylic acids is 1. The van der Waals surface area contributed by atoms with Gasteiger partial charge in [0.15, 0.2) is 6.29 Å². The van der Waals surface area contributed by atoms with Crippen molar-refractivity contribution in [3.05, 3.63) is 77.9 Å². The number of carbonyl (C=O) groups is 1. The van der Waals surface area contributed by atoms with Crippen LogP contribution in [0.25, 0.3) is 0 Å². The topological polar surface area (TPSA) is 89.5 Å². The van der Waals surface area contributed by atoms with Crippen LogP contribution in [-0.2, 0) is 25.6 Å². The van der Waals surface area contributed by atoms with E-state index in [1.165, 1.54) is 6.08 Å². The minimum absolute atomic E-state index is 0.00829. The van der Waals surface area contributed by atoms with E-state index in [2.05, 4.69) is 16.8 Å². The molecule has 2 heterocycles. The highest BCUT2D eigenvalue weighted by molar-refractivity contribution is 5.84. The van der Waals surface area contributed by atoms with Crippen LogP contribution in [0.15, 0.2) is 61.2 Å². The van der Waals surface area contributed by atoms with Crippen LogP contribution in [0.1, 0.15) is 35.5 Å². The Labute approximate surface area is 200 Å². The Kier molecular flexibility index (Phi) is 8.67. The van der Waals surface area contributed by atoms with Crippen LogP contribution in [-0.4, -0.2) is 61.7 Å². The molecule has 2 aromatic carbocycles. The van der Waals surface area contributed by atoms with Gasteiger partial charge in [0.2, 0.25) is 0 Å². The maximum Gasteiger partial charge on any atom is 0.411 e. The van der Waals surface area contributed by atoms with Crippen LogP contribution < -0.4 is 5.32 Å². The lowest BCUT2D eigenvalue weighted by Gasteiger charge is -2.39. The van der Waals surface area contributed by atoms with Crippen molar-refractivity contribution in [3.63, 3.8) is 0 Å². The predicted octanol–water partition coefficient (Wildman–Crippen LogP) is 3.79. The highest BCUT2D eigenvalue weighted by atomic mass is 16.7. The van der Waals surface area contributed by atoms with E-state index in [1.54, 1.807) is 12.1 Å². The Bertz CT molecular complexity index is 927. The number of amides is 1. The van der Waals surface area contributed by atoms with Gasteiger partial charge < -0.3 is 24.1 Å². The van der Waals surface area contributed by atoms with Crippen LogP contribution in [0.4, 0.5) is 10.5 Å². The Hall–Kier alpha value is -2.75. The SMILES string of the molecule is C=CCOC(=O)Nc1ccc(C2OC(CN3CCOCC3)CC(c3ccc(CO)cc3)O2)cc1. The lowest BCUT2D eigenvalue weighted by Crippen LogP contribution is -2.44. The van der Waals surface area contributed by atoms with Crippen molar-refractivity contribution in [2.75, 3.05) is 44.8 Å². The van der Waals surface area contributed by atoms with Gasteiger partial charge in [0, 0.05) is 37.3 Å². The van der Waals surface area contributed by atoms with Crippen LogP contribution in [0.2, 0.25) is 0 Å². The van der Waals surface area contributed by atoms with E-state index < -0.39 is 12.4 Å². The molecule has 0 radical (unpaired) electrons. The molecule has 8 nitrogen and oxygen atoms in total. The minimum Gasteiger partial charge on any atom is -0.445 e. The summed E-state index contributed by atoms with van der Waals surface area (Å²) in [5.74, 6) is 0. The maximum absolute atomic E-state index is 11.8. The zero-order valence-electron chi connectivity index (χ0n) is 19.2. The van der Waals surface area contributed by atoms with E-state index in [0.29, 0.717) is 5.69 Å². The van der Waals surface area contributed by atoms with E-state index >= 15 is 0 Å². The fourth-order valence-electron chi connectivity index (χ4n) is 4.12. The maximum atomic E-state index is 11.8. The molecule has 0 aliphatic carbocycles. The fourth-order valence-corrected chi connectivity index (χ4v) is 4.12. The Morgan fingerprint density at radius 2 is 1.79 bits per heavy atom. The molecule has 1 amide bonds. The van der Waals surface area contributed by atoms with E-state index in [0.717, 1.165) is 56.0 Å². The molecule has 2 aromatic rings. The van der Waals surface area contributed by atoms with Crippen molar-refractivity contribution >= 4 is 11.8 Å². The van der Waals surface area contributed by atoms with E-state index in [4.69, 9.17) is 18.9 Å². The van der Waals surface area contributed by atoms with Crippen molar-refractivity contribution in [1.82, 2.24) is 4.90 Å². The highest BCUT2D eigenvalue weighted by Crippen LogP contribution is 2.38. The second-order valence-electron chi connectivity index (χ2n) is 8.40. The standard InChI is InChI=1S/C26H32N2O6/c1-2-13-32-26(30)27-22-9-7-21(8-10-22)25-33-23(17-28-11-14-31-15-12-28)16-24(34-25)20-5-3-19(18-29)4-6-20/h2-10,23-25,29H,1,11-18H2,(H,27,30). The average Bonchev–Trinajstić information content (AvgIpc) is 2.88. The minimum atomic E-state index is -0.538. The zero-order chi connectivity index (χ0) is 23.8. The van der Waals surface area contributed by atoms with E-state index in [-0.39, 0.29) is 25.4 Å². The molecule has 0 aromatic heterocycles. The summed E-state index contributed by atoms with van der Waals surface area (Å²) in [6, 6.07) is 15.2. The average molecular weight is 469 g/mol. The Balaban J connectivity index is 1.47. The monoisotopic (exact) mass is 468 g/mol. The quantitative estimate of drug-likeness (QED) is 0.570. The van der Waals surface area contributed by atoms with Crippen molar-refractivity contribution in [3.8, 4) is 0 Å². The summed E-state index contributed by atoms with van der Waals surface area (Å²) in [4.78, 5) is 14.1. The zero-order valence-corrected chi connectivity index (χ0v) is 19.2. The van der Waals surface area contributed by atoms with Gasteiger partial charge in [-0.1, -0.05) is 49.1 Å². The highest BCUT2D eigenvalue weighted by Gasteiger charge is 2.33. The number of ether oxygens (including phenoxy) is 4. The van der Waals surface area contributed by atoms with Gasteiger partial charge in [-0.15, -0.1) is 0 Å². The van der Waals surface area contributed by atoms with Crippen molar-refractivity contribution in [1.29, 1.82) is 0 Å². The van der Waals surface area contributed by atoms with E-state index in [9.17, 15) is 9.90 Å². The van der Waals surface area contributed by atoms with Crippen molar-refractivity contribution in [2.24, 2.45) is 0 Å². The second-order valence-corrected chi connectivity index (χ2v) is 8.40. The van der Waals surface area contributed by atoms with Crippen LogP contribution >= 0.6 is 0 Å². The molecular formula is C26H32N2O6. The van der Waals surface area contributed by atoms with Gasteiger partial charge in [0.1, 0.15) is 6.61 Å². The molecular weight excluding hydrogens is 436 g/mol. The van der Waals surface area contributed by atoms with E-state index in [1.807, 2.05) is 36.4 Å². The third-order valence-electron chi connectivity index (χ3n) is 5.94. The molecule has 2 N–H and O–H groups in total. The number of nitrogens with one attached hydrogen (secondary N) is 1. The first-order valence-electron chi connectivity index (χ1n) is 11.6. The summed E-state index contributed by atoms with van der Waals surface area (Å²) in [7, 11) is 0. The first kappa shape index (κ1) is 24.4. The number of aliphatic hydroxyl groups excluding tert-OH is 1. The molecule has 0 saturated carbocycles. The molecule has 8 heteroatoms. The molecule has 3 unspecified atom stereocenters. The molecule has 34 heavy (non-hydrogen) atoms. The van der Waals surface area contributed by atoms with Gasteiger partial charge >= 0.3 is 6.09 Å². The number of hydrogen-bond acceptors (Lipinski definition) is 7. The number of nitrogens with zero attached hydrogens (tertiary/aromatic N) is 1. The Morgan fingerprint density at radius 1 is 1.09 bits per heavy atom. The third kappa shape index (κ3) is 6.65. The van der Waals surface area contributed by atoms with Gasteiger partial charge in [-0.05, 0) is 23.3 Å². The number of aliphatic hydroxyl groups is 1. The second kappa shape index (κ2) is 12.1. The molecule has 2 saturated heterocycles. The number of hydrogen-bond donors (Lipinski definition) is 2. The number of anilines is 1. The summed E-state index contributed by atoms with van der Waals surface area (Å²) >= 11 is 0. The van der Waals surface area contributed by atoms with Crippen molar-refractivity contribution < 1.29 is 28.8 Å². The van der Waals surface area contributed by atoms with Gasteiger partial charge in [-0.25, -0.2) is 4.79 Å². The Morgan fingerprint density at radius 3 is 2.47 bits per heavy atom. The third-order valence-corrected chi connectivity index (χ3v) is 5.94. The summed E-state index contributed by atoms with van der Waals surface area (Å²) < 4.78 is 23.2. The molecule has 3 atom stereocenters. The van der Waals surface area contributed by atoms with Crippen molar-refractivity contribution in [2.45, 2.75) is 31.5 Å². The lowest BCUT2D eigenvalue weighted by atomic mass is 9.99.